The Hall–Kier alpha value is -3.58. The molecular formula is C34H31N. The summed E-state index contributed by atoms with van der Waals surface area (Å²) in [6, 6.07) is 36.8. The Morgan fingerprint density at radius 2 is 1.29 bits per heavy atom. The molecule has 0 radical (unpaired) electrons. The predicted octanol–water partition coefficient (Wildman–Crippen LogP) is 9.38. The normalized spacial score (nSPS) is 15.7. The maximum absolute atomic E-state index is 2.56. The van der Waals surface area contributed by atoms with E-state index in [1.807, 2.05) is 0 Å². The molecule has 1 nitrogen and oxygen atoms in total. The van der Waals surface area contributed by atoms with Crippen LogP contribution >= 0.6 is 0 Å². The molecule has 172 valence electrons. The van der Waals surface area contributed by atoms with Crippen LogP contribution in [0.15, 0.2) is 97.1 Å². The Morgan fingerprint density at radius 1 is 0.629 bits per heavy atom. The average molecular weight is 454 g/mol. The monoisotopic (exact) mass is 453 g/mol. The van der Waals surface area contributed by atoms with Gasteiger partial charge in [-0.25, -0.2) is 0 Å². The second-order valence-electron chi connectivity index (χ2n) is 10.7. The van der Waals surface area contributed by atoms with Crippen LogP contribution in [-0.2, 0) is 5.41 Å². The second kappa shape index (κ2) is 7.71. The summed E-state index contributed by atoms with van der Waals surface area (Å²) in [6.45, 7) is 4.63. The molecule has 0 unspecified atom stereocenters. The topological polar surface area (TPSA) is 3.24 Å². The van der Waals surface area contributed by atoms with Crippen molar-refractivity contribution in [3.8, 4) is 11.1 Å². The van der Waals surface area contributed by atoms with Gasteiger partial charge in [-0.2, -0.15) is 0 Å². The van der Waals surface area contributed by atoms with Crippen LogP contribution in [-0.4, -0.2) is 6.04 Å². The molecule has 0 heterocycles. The van der Waals surface area contributed by atoms with Crippen LogP contribution < -0.4 is 4.90 Å². The summed E-state index contributed by atoms with van der Waals surface area (Å²) >= 11 is 0. The number of anilines is 2. The third kappa shape index (κ3) is 2.94. The van der Waals surface area contributed by atoms with Gasteiger partial charge in [0, 0.05) is 28.2 Å². The highest BCUT2D eigenvalue weighted by Gasteiger charge is 2.45. The van der Waals surface area contributed by atoms with Crippen molar-refractivity contribution in [3.05, 3.63) is 108 Å². The van der Waals surface area contributed by atoms with Gasteiger partial charge in [0.25, 0.3) is 0 Å². The number of rotatable bonds is 3. The van der Waals surface area contributed by atoms with Gasteiger partial charge in [-0.15, -0.1) is 0 Å². The van der Waals surface area contributed by atoms with Crippen molar-refractivity contribution < 1.29 is 0 Å². The molecule has 1 heteroatoms. The van der Waals surface area contributed by atoms with Crippen LogP contribution in [0.3, 0.4) is 0 Å². The fourth-order valence-electron chi connectivity index (χ4n) is 7.06. The first-order chi connectivity index (χ1) is 17.2. The third-order valence-corrected chi connectivity index (χ3v) is 8.51. The van der Waals surface area contributed by atoms with E-state index < -0.39 is 0 Å². The lowest BCUT2D eigenvalue weighted by molar-refractivity contribution is 0.550. The van der Waals surface area contributed by atoms with Crippen LogP contribution in [0.25, 0.3) is 32.7 Å². The van der Waals surface area contributed by atoms with Gasteiger partial charge in [-0.3, -0.25) is 0 Å². The van der Waals surface area contributed by atoms with Crippen LogP contribution in [0.5, 0.6) is 0 Å². The molecule has 0 aromatic heterocycles. The van der Waals surface area contributed by atoms with E-state index in [1.54, 1.807) is 11.1 Å². The first-order valence-corrected chi connectivity index (χ1v) is 13.1. The van der Waals surface area contributed by atoms with Crippen molar-refractivity contribution in [3.63, 3.8) is 0 Å². The van der Waals surface area contributed by atoms with Gasteiger partial charge in [-0.1, -0.05) is 91.7 Å². The molecule has 2 aliphatic rings. The minimum atomic E-state index is 0.191. The van der Waals surface area contributed by atoms with Gasteiger partial charge in [0.2, 0.25) is 0 Å². The van der Waals surface area contributed by atoms with Crippen molar-refractivity contribution in [2.75, 3.05) is 4.90 Å². The van der Waals surface area contributed by atoms with Crippen molar-refractivity contribution in [2.24, 2.45) is 0 Å². The van der Waals surface area contributed by atoms with Crippen molar-refractivity contribution >= 4 is 32.9 Å². The first-order valence-electron chi connectivity index (χ1n) is 13.1. The van der Waals surface area contributed by atoms with Crippen molar-refractivity contribution in [2.45, 2.75) is 51.0 Å². The van der Waals surface area contributed by atoms with E-state index in [0.29, 0.717) is 6.04 Å². The van der Waals surface area contributed by atoms with Gasteiger partial charge in [-0.05, 0) is 83.3 Å². The Kier molecular flexibility index (Phi) is 4.58. The maximum Gasteiger partial charge on any atom is 0.0499 e. The summed E-state index contributed by atoms with van der Waals surface area (Å²) in [5.41, 5.74) is 8.78. The summed E-state index contributed by atoms with van der Waals surface area (Å²) < 4.78 is 0. The van der Waals surface area contributed by atoms with E-state index in [4.69, 9.17) is 0 Å². The molecule has 35 heavy (non-hydrogen) atoms. The molecule has 1 fully saturated rings. The lowest BCUT2D eigenvalue weighted by Gasteiger charge is -2.33. The van der Waals surface area contributed by atoms with E-state index in [1.165, 1.54) is 69.7 Å². The molecule has 7 rings (SSSR count). The van der Waals surface area contributed by atoms with Crippen molar-refractivity contribution in [1.82, 2.24) is 0 Å². The fourth-order valence-corrected chi connectivity index (χ4v) is 7.06. The molecule has 0 N–H and O–H groups in total. The zero-order valence-corrected chi connectivity index (χ0v) is 20.6. The van der Waals surface area contributed by atoms with E-state index in [-0.39, 0.29) is 5.41 Å². The van der Waals surface area contributed by atoms with E-state index in [9.17, 15) is 0 Å². The molecule has 0 atom stereocenters. The lowest BCUT2D eigenvalue weighted by Crippen LogP contribution is -2.27. The summed E-state index contributed by atoms with van der Waals surface area (Å²) in [4.78, 5) is 2.56. The molecule has 5 aromatic carbocycles. The zero-order valence-electron chi connectivity index (χ0n) is 20.6. The Bertz CT molecular complexity index is 1590. The van der Waals surface area contributed by atoms with Crippen LogP contribution in [0.4, 0.5) is 11.4 Å². The molecular weight excluding hydrogens is 422 g/mol. The first kappa shape index (κ1) is 20.8. The van der Waals surface area contributed by atoms with Crippen molar-refractivity contribution in [1.29, 1.82) is 0 Å². The predicted molar refractivity (Wildman–Crippen MR) is 150 cm³/mol. The second-order valence-corrected chi connectivity index (χ2v) is 10.7. The molecule has 5 aromatic rings. The number of fused-ring (bicyclic) bond motifs is 8. The Morgan fingerprint density at radius 3 is 2.09 bits per heavy atom. The summed E-state index contributed by atoms with van der Waals surface area (Å²) in [7, 11) is 0. The average Bonchev–Trinajstić information content (AvgIpc) is 3.49. The standard InChI is InChI=1S/C34H31N/c1-23(2)35(33-21-24-11-3-4-12-26(24)27-13-5-6-15-30(27)33)25-17-18-29-28-14-7-8-16-31(28)34(32(29)22-25)19-9-10-20-34/h3-8,11-18,21-23H,9-10,19-20H2,1-2H3. The van der Waals surface area contributed by atoms with E-state index >= 15 is 0 Å². The number of hydrogen-bond acceptors (Lipinski definition) is 1. The highest BCUT2D eigenvalue weighted by atomic mass is 15.2. The van der Waals surface area contributed by atoms with Gasteiger partial charge < -0.3 is 4.90 Å². The third-order valence-electron chi connectivity index (χ3n) is 8.51. The number of nitrogens with zero attached hydrogens (tertiary/aromatic N) is 1. The molecule has 1 saturated carbocycles. The summed E-state index contributed by atoms with van der Waals surface area (Å²) in [5, 5.41) is 5.27. The molecule has 0 saturated heterocycles. The molecule has 0 aliphatic heterocycles. The SMILES string of the molecule is CC(C)N(c1ccc2c(c1)C1(CCCC1)c1ccccc1-2)c1cc2ccccc2c2ccccc12. The van der Waals surface area contributed by atoms with Crippen LogP contribution in [0, 0.1) is 0 Å². The van der Waals surface area contributed by atoms with Gasteiger partial charge >= 0.3 is 0 Å². The van der Waals surface area contributed by atoms with Gasteiger partial charge in [0.05, 0.1) is 0 Å². The number of hydrogen-bond donors (Lipinski definition) is 0. The molecule has 2 aliphatic carbocycles. The Labute approximate surface area is 208 Å². The van der Waals surface area contributed by atoms with Gasteiger partial charge in [0.1, 0.15) is 0 Å². The Balaban J connectivity index is 1.47. The highest BCUT2D eigenvalue weighted by molar-refractivity contribution is 6.13. The quantitative estimate of drug-likeness (QED) is 0.246. The minimum absolute atomic E-state index is 0.191. The maximum atomic E-state index is 2.56. The number of benzene rings is 5. The summed E-state index contributed by atoms with van der Waals surface area (Å²) in [6.07, 6.45) is 5.17. The molecule has 0 amide bonds. The largest absolute Gasteiger partial charge is 0.338 e. The minimum Gasteiger partial charge on any atom is -0.338 e. The van der Waals surface area contributed by atoms with Gasteiger partial charge in [0.15, 0.2) is 0 Å². The van der Waals surface area contributed by atoms with E-state index in [2.05, 4.69) is 116 Å². The highest BCUT2D eigenvalue weighted by Crippen LogP contribution is 2.57. The van der Waals surface area contributed by atoms with Crippen LogP contribution in [0.1, 0.15) is 50.7 Å². The van der Waals surface area contributed by atoms with E-state index in [0.717, 1.165) is 0 Å². The zero-order chi connectivity index (χ0) is 23.6. The fraction of sp³-hybridized carbons (Fsp3) is 0.235. The smallest absolute Gasteiger partial charge is 0.0499 e. The molecule has 1 spiro atoms. The lowest BCUT2D eigenvalue weighted by atomic mass is 9.76. The van der Waals surface area contributed by atoms with Crippen LogP contribution in [0.2, 0.25) is 0 Å². The molecule has 0 bridgehead atoms. The summed E-state index contributed by atoms with van der Waals surface area (Å²) in [5.74, 6) is 0.